The van der Waals surface area contributed by atoms with Crippen molar-refractivity contribution in [2.45, 2.75) is 18.0 Å². The molecule has 0 heterocycles. The molecule has 158 valence electrons. The molecule has 0 spiro atoms. The Morgan fingerprint density at radius 3 is 1.90 bits per heavy atom. The van der Waals surface area contributed by atoms with Crippen LogP contribution in [0.25, 0.3) is 11.1 Å². The molecular formula is C21H22N2O7. The molecule has 2 atom stereocenters. The van der Waals surface area contributed by atoms with Crippen LogP contribution in [-0.2, 0) is 14.3 Å². The zero-order valence-corrected chi connectivity index (χ0v) is 15.9. The van der Waals surface area contributed by atoms with E-state index < -0.39 is 43.3 Å². The second-order valence-corrected chi connectivity index (χ2v) is 6.79. The van der Waals surface area contributed by atoms with Crippen LogP contribution in [0.4, 0.5) is 4.79 Å². The van der Waals surface area contributed by atoms with Gasteiger partial charge in [-0.3, -0.25) is 4.79 Å². The van der Waals surface area contributed by atoms with Gasteiger partial charge in [0.05, 0.1) is 13.2 Å². The molecule has 0 aliphatic heterocycles. The fourth-order valence-corrected chi connectivity index (χ4v) is 3.43. The highest BCUT2D eigenvalue weighted by atomic mass is 16.5. The summed E-state index contributed by atoms with van der Waals surface area (Å²) in [4.78, 5) is 35.2. The molecule has 0 fully saturated rings. The maximum Gasteiger partial charge on any atom is 0.407 e. The van der Waals surface area contributed by atoms with E-state index in [1.807, 2.05) is 53.8 Å². The third-order valence-corrected chi connectivity index (χ3v) is 4.93. The van der Waals surface area contributed by atoms with Crippen LogP contribution in [0.3, 0.4) is 0 Å². The number of carbonyl (C=O) groups is 3. The maximum absolute atomic E-state index is 12.2. The number of aliphatic hydroxyl groups is 2. The first-order chi connectivity index (χ1) is 14.5. The van der Waals surface area contributed by atoms with Crippen LogP contribution in [0, 0.1) is 0 Å². The summed E-state index contributed by atoms with van der Waals surface area (Å²) >= 11 is 0. The van der Waals surface area contributed by atoms with Crippen molar-refractivity contribution in [1.29, 1.82) is 0 Å². The van der Waals surface area contributed by atoms with E-state index in [-0.39, 0.29) is 12.5 Å². The van der Waals surface area contributed by atoms with Crippen molar-refractivity contribution in [1.82, 2.24) is 10.6 Å². The Bertz CT molecular complexity index is 901. The van der Waals surface area contributed by atoms with E-state index in [9.17, 15) is 19.5 Å². The lowest BCUT2D eigenvalue weighted by Crippen LogP contribution is -2.54. The number of ether oxygens (including phenoxy) is 1. The SMILES string of the molecule is O=C(N[C@@H](CO)C(=O)N[C@@H](CO)C(=O)O)OCC1c2ccccc2-c2ccccc21. The number of hydrogen-bond donors (Lipinski definition) is 5. The minimum atomic E-state index is -1.55. The molecule has 0 saturated carbocycles. The highest BCUT2D eigenvalue weighted by Gasteiger charge is 2.30. The Hall–Kier alpha value is -3.43. The monoisotopic (exact) mass is 414 g/mol. The van der Waals surface area contributed by atoms with E-state index in [1.165, 1.54) is 0 Å². The Kier molecular flexibility index (Phi) is 6.65. The molecule has 0 saturated heterocycles. The summed E-state index contributed by atoms with van der Waals surface area (Å²) in [6.07, 6.45) is -0.929. The lowest BCUT2D eigenvalue weighted by molar-refractivity contribution is -0.143. The summed E-state index contributed by atoms with van der Waals surface area (Å²) in [6, 6.07) is 12.6. The number of benzene rings is 2. The highest BCUT2D eigenvalue weighted by Crippen LogP contribution is 2.44. The molecule has 2 aromatic carbocycles. The third kappa shape index (κ3) is 4.42. The summed E-state index contributed by atoms with van der Waals surface area (Å²) in [7, 11) is 0. The van der Waals surface area contributed by atoms with E-state index in [2.05, 4.69) is 5.32 Å². The molecule has 0 bridgehead atoms. The van der Waals surface area contributed by atoms with Gasteiger partial charge >= 0.3 is 12.1 Å². The van der Waals surface area contributed by atoms with Crippen molar-refractivity contribution < 1.29 is 34.4 Å². The van der Waals surface area contributed by atoms with Crippen molar-refractivity contribution in [3.8, 4) is 11.1 Å². The van der Waals surface area contributed by atoms with Gasteiger partial charge in [-0.15, -0.1) is 0 Å². The Labute approximate surface area is 172 Å². The van der Waals surface area contributed by atoms with Gasteiger partial charge in [0.15, 0.2) is 0 Å². The topological polar surface area (TPSA) is 145 Å². The van der Waals surface area contributed by atoms with Gasteiger partial charge in [-0.25, -0.2) is 9.59 Å². The van der Waals surface area contributed by atoms with E-state index >= 15 is 0 Å². The van der Waals surface area contributed by atoms with Crippen LogP contribution < -0.4 is 10.6 Å². The number of hydrogen-bond acceptors (Lipinski definition) is 6. The van der Waals surface area contributed by atoms with Crippen LogP contribution in [0.2, 0.25) is 0 Å². The van der Waals surface area contributed by atoms with Crippen LogP contribution in [0.5, 0.6) is 0 Å². The molecule has 1 aliphatic rings. The zero-order valence-electron chi connectivity index (χ0n) is 15.9. The number of aliphatic carboxylic acids is 1. The van der Waals surface area contributed by atoms with Crippen molar-refractivity contribution in [2.75, 3.05) is 19.8 Å². The first-order valence-electron chi connectivity index (χ1n) is 9.32. The Balaban J connectivity index is 1.63. The summed E-state index contributed by atoms with van der Waals surface area (Å²) in [5.74, 6) is -2.56. The summed E-state index contributed by atoms with van der Waals surface area (Å²) in [6.45, 7) is -1.58. The normalized spacial score (nSPS) is 14.2. The van der Waals surface area contributed by atoms with Crippen molar-refractivity contribution in [3.63, 3.8) is 0 Å². The molecule has 0 unspecified atom stereocenters. The standard InChI is InChI=1S/C21H22N2O7/c24-9-17(19(26)22-18(10-25)20(27)28)23-21(29)30-11-16-14-7-3-1-5-12(14)13-6-2-4-8-15(13)16/h1-8,16-18,24-25H,9-11H2,(H,22,26)(H,23,29)(H,27,28)/t17-,18-/m0/s1. The quantitative estimate of drug-likeness (QED) is 0.422. The largest absolute Gasteiger partial charge is 0.480 e. The van der Waals surface area contributed by atoms with E-state index in [1.54, 1.807) is 0 Å². The van der Waals surface area contributed by atoms with Crippen molar-refractivity contribution in [3.05, 3.63) is 59.7 Å². The highest BCUT2D eigenvalue weighted by molar-refractivity contribution is 5.89. The Morgan fingerprint density at radius 2 is 1.40 bits per heavy atom. The molecule has 0 radical (unpaired) electrons. The average molecular weight is 414 g/mol. The number of rotatable bonds is 8. The Morgan fingerprint density at radius 1 is 0.867 bits per heavy atom. The molecule has 5 N–H and O–H groups in total. The molecule has 30 heavy (non-hydrogen) atoms. The van der Waals surface area contributed by atoms with Gasteiger partial charge in [-0.1, -0.05) is 48.5 Å². The van der Waals surface area contributed by atoms with Gasteiger partial charge in [0.1, 0.15) is 18.7 Å². The van der Waals surface area contributed by atoms with E-state index in [0.717, 1.165) is 22.3 Å². The van der Waals surface area contributed by atoms with Gasteiger partial charge < -0.3 is 30.7 Å². The first-order valence-corrected chi connectivity index (χ1v) is 9.32. The predicted octanol–water partition coefficient (Wildman–Crippen LogP) is 0.448. The summed E-state index contributed by atoms with van der Waals surface area (Å²) in [5, 5.41) is 31.5. The number of alkyl carbamates (subject to hydrolysis) is 1. The number of carbonyl (C=O) groups excluding carboxylic acids is 2. The lowest BCUT2D eigenvalue weighted by atomic mass is 9.98. The van der Waals surface area contributed by atoms with E-state index in [0.29, 0.717) is 0 Å². The molecule has 1 aliphatic carbocycles. The summed E-state index contributed by atoms with van der Waals surface area (Å²) in [5.41, 5.74) is 4.18. The van der Waals surface area contributed by atoms with Crippen molar-refractivity contribution in [2.24, 2.45) is 0 Å². The average Bonchev–Trinajstić information content (AvgIpc) is 3.07. The number of fused-ring (bicyclic) bond motifs is 3. The summed E-state index contributed by atoms with van der Waals surface area (Å²) < 4.78 is 5.29. The molecule has 2 amide bonds. The zero-order chi connectivity index (χ0) is 21.7. The van der Waals surface area contributed by atoms with Crippen LogP contribution in [0.15, 0.2) is 48.5 Å². The smallest absolute Gasteiger partial charge is 0.407 e. The van der Waals surface area contributed by atoms with Gasteiger partial charge in [-0.2, -0.15) is 0 Å². The first kappa shape index (κ1) is 21.3. The minimum Gasteiger partial charge on any atom is -0.480 e. The molecule has 0 aromatic heterocycles. The second kappa shape index (κ2) is 9.38. The molecule has 2 aromatic rings. The van der Waals surface area contributed by atoms with Gasteiger partial charge in [-0.05, 0) is 22.3 Å². The number of aliphatic hydroxyl groups excluding tert-OH is 2. The molecular weight excluding hydrogens is 392 g/mol. The van der Waals surface area contributed by atoms with Crippen LogP contribution in [-0.4, -0.2) is 65.2 Å². The third-order valence-electron chi connectivity index (χ3n) is 4.93. The predicted molar refractivity (Wildman–Crippen MR) is 106 cm³/mol. The number of nitrogens with one attached hydrogen (secondary N) is 2. The van der Waals surface area contributed by atoms with Crippen molar-refractivity contribution >= 4 is 18.0 Å². The van der Waals surface area contributed by atoms with Crippen LogP contribution in [0.1, 0.15) is 17.0 Å². The number of carboxylic acid groups (broad SMARTS) is 1. The van der Waals surface area contributed by atoms with Crippen LogP contribution >= 0.6 is 0 Å². The lowest BCUT2D eigenvalue weighted by Gasteiger charge is -2.19. The number of carboxylic acids is 1. The maximum atomic E-state index is 12.2. The van der Waals surface area contributed by atoms with E-state index in [4.69, 9.17) is 14.9 Å². The fraction of sp³-hybridized carbons (Fsp3) is 0.286. The number of amides is 2. The molecule has 9 heteroatoms. The minimum absolute atomic E-state index is 0.0218. The fourth-order valence-electron chi connectivity index (χ4n) is 3.43. The second-order valence-electron chi connectivity index (χ2n) is 6.79. The van der Waals surface area contributed by atoms with Gasteiger partial charge in [0.2, 0.25) is 5.91 Å². The molecule has 9 nitrogen and oxygen atoms in total. The van der Waals surface area contributed by atoms with Gasteiger partial charge in [0, 0.05) is 5.92 Å². The molecule has 3 rings (SSSR count). The van der Waals surface area contributed by atoms with Gasteiger partial charge in [0.25, 0.3) is 0 Å².